The molecule has 1 fully saturated rings. The number of halogens is 2. The zero-order valence-corrected chi connectivity index (χ0v) is 14.6. The highest BCUT2D eigenvalue weighted by Gasteiger charge is 2.27. The minimum atomic E-state index is -1.32. The summed E-state index contributed by atoms with van der Waals surface area (Å²) in [5.41, 5.74) is 1.43. The molecule has 2 aromatic carbocycles. The molecule has 1 unspecified atom stereocenters. The van der Waals surface area contributed by atoms with Gasteiger partial charge in [0.2, 0.25) is 5.43 Å². The Morgan fingerprint density at radius 2 is 1.96 bits per heavy atom. The van der Waals surface area contributed by atoms with E-state index < -0.39 is 6.29 Å². The van der Waals surface area contributed by atoms with Crippen molar-refractivity contribution in [2.24, 2.45) is 5.92 Å². The lowest BCUT2D eigenvalue weighted by Crippen LogP contribution is -2.25. The SMILES string of the molecule is O=c1c2ccc(N3CCC(C(O)O)C3)cc2oc2c(Cl)cc(Cl)cc12. The van der Waals surface area contributed by atoms with Crippen molar-refractivity contribution >= 4 is 50.8 Å². The van der Waals surface area contributed by atoms with Crippen LogP contribution in [0.15, 0.2) is 39.5 Å². The molecule has 3 aromatic rings. The van der Waals surface area contributed by atoms with E-state index in [4.69, 9.17) is 27.6 Å². The molecular weight excluding hydrogens is 365 g/mol. The second kappa shape index (κ2) is 6.18. The Hall–Kier alpha value is -1.79. The topological polar surface area (TPSA) is 73.9 Å². The van der Waals surface area contributed by atoms with Gasteiger partial charge < -0.3 is 19.5 Å². The quantitative estimate of drug-likeness (QED) is 0.527. The fourth-order valence-corrected chi connectivity index (χ4v) is 3.86. The number of anilines is 1. The zero-order valence-electron chi connectivity index (χ0n) is 13.1. The summed E-state index contributed by atoms with van der Waals surface area (Å²) >= 11 is 12.2. The fourth-order valence-electron chi connectivity index (χ4n) is 3.33. The number of nitrogens with zero attached hydrogens (tertiary/aromatic N) is 1. The minimum Gasteiger partial charge on any atom is -0.454 e. The number of aliphatic hydroxyl groups excluding tert-OH is 1. The Morgan fingerprint density at radius 1 is 1.16 bits per heavy atom. The summed E-state index contributed by atoms with van der Waals surface area (Å²) < 4.78 is 5.87. The van der Waals surface area contributed by atoms with Gasteiger partial charge in [0.15, 0.2) is 11.9 Å². The molecule has 7 heteroatoms. The smallest absolute Gasteiger partial charge is 0.200 e. The lowest BCUT2D eigenvalue weighted by molar-refractivity contribution is -0.0771. The Kier molecular flexibility index (Phi) is 4.12. The first-order chi connectivity index (χ1) is 11.9. The first-order valence-corrected chi connectivity index (χ1v) is 8.66. The van der Waals surface area contributed by atoms with Crippen LogP contribution >= 0.6 is 23.2 Å². The maximum Gasteiger partial charge on any atom is 0.200 e. The standard InChI is InChI=1S/C18H15Cl2NO4/c19-10-5-13-16(22)12-2-1-11(21-4-3-9(8-21)18(23)24)7-15(12)25-17(13)14(20)6-10/h1-2,5-7,9,18,23-24H,3-4,8H2. The maximum atomic E-state index is 12.7. The normalized spacial score (nSPS) is 18.0. The van der Waals surface area contributed by atoms with Crippen LogP contribution in [-0.2, 0) is 0 Å². The van der Waals surface area contributed by atoms with E-state index in [-0.39, 0.29) is 16.4 Å². The van der Waals surface area contributed by atoms with E-state index in [0.717, 1.165) is 5.69 Å². The summed E-state index contributed by atoms with van der Waals surface area (Å²) in [4.78, 5) is 14.7. The van der Waals surface area contributed by atoms with Crippen molar-refractivity contribution in [1.29, 1.82) is 0 Å². The van der Waals surface area contributed by atoms with E-state index >= 15 is 0 Å². The first-order valence-electron chi connectivity index (χ1n) is 7.91. The molecule has 130 valence electrons. The second-order valence-corrected chi connectivity index (χ2v) is 7.13. The Balaban J connectivity index is 1.84. The fraction of sp³-hybridized carbons (Fsp3) is 0.278. The van der Waals surface area contributed by atoms with E-state index in [0.29, 0.717) is 46.5 Å². The largest absolute Gasteiger partial charge is 0.454 e. The molecule has 1 aliphatic rings. The Morgan fingerprint density at radius 3 is 2.68 bits per heavy atom. The van der Waals surface area contributed by atoms with Crippen molar-refractivity contribution in [2.45, 2.75) is 12.7 Å². The van der Waals surface area contributed by atoms with Crippen molar-refractivity contribution < 1.29 is 14.6 Å². The van der Waals surface area contributed by atoms with Gasteiger partial charge in [-0.2, -0.15) is 0 Å². The van der Waals surface area contributed by atoms with Crippen LogP contribution in [0.25, 0.3) is 21.9 Å². The zero-order chi connectivity index (χ0) is 17.7. The summed E-state index contributed by atoms with van der Waals surface area (Å²) in [6, 6.07) is 8.43. The van der Waals surface area contributed by atoms with Gasteiger partial charge in [0, 0.05) is 35.8 Å². The average Bonchev–Trinajstić information content (AvgIpc) is 3.06. The highest BCUT2D eigenvalue weighted by Crippen LogP contribution is 2.31. The molecule has 2 heterocycles. The molecule has 0 amide bonds. The number of hydrogen-bond acceptors (Lipinski definition) is 5. The number of benzene rings is 2. The van der Waals surface area contributed by atoms with Crippen LogP contribution in [0.1, 0.15) is 6.42 Å². The minimum absolute atomic E-state index is 0.183. The van der Waals surface area contributed by atoms with Crippen LogP contribution in [0.2, 0.25) is 10.0 Å². The predicted octanol–water partition coefficient (Wildman–Crippen LogP) is 3.39. The van der Waals surface area contributed by atoms with E-state index in [9.17, 15) is 15.0 Å². The molecule has 25 heavy (non-hydrogen) atoms. The monoisotopic (exact) mass is 379 g/mol. The van der Waals surface area contributed by atoms with E-state index in [1.807, 2.05) is 11.0 Å². The van der Waals surface area contributed by atoms with Crippen molar-refractivity contribution in [1.82, 2.24) is 0 Å². The van der Waals surface area contributed by atoms with Crippen LogP contribution in [0.3, 0.4) is 0 Å². The van der Waals surface area contributed by atoms with Crippen LogP contribution < -0.4 is 10.3 Å². The van der Waals surface area contributed by atoms with E-state index in [2.05, 4.69) is 0 Å². The molecule has 2 N–H and O–H groups in total. The molecule has 0 radical (unpaired) electrons. The molecular formula is C18H15Cl2NO4. The third-order valence-corrected chi connectivity index (χ3v) is 5.19. The highest BCUT2D eigenvalue weighted by atomic mass is 35.5. The molecule has 1 aliphatic heterocycles. The van der Waals surface area contributed by atoms with Crippen molar-refractivity contribution in [3.63, 3.8) is 0 Å². The van der Waals surface area contributed by atoms with Crippen molar-refractivity contribution in [2.75, 3.05) is 18.0 Å². The number of hydrogen-bond donors (Lipinski definition) is 2. The molecule has 0 saturated carbocycles. The molecule has 4 rings (SSSR count). The first kappa shape index (κ1) is 16.7. The summed E-state index contributed by atoms with van der Waals surface area (Å²) in [5, 5.41) is 20.2. The molecule has 0 aliphatic carbocycles. The van der Waals surface area contributed by atoms with Gasteiger partial charge in [0.1, 0.15) is 5.58 Å². The van der Waals surface area contributed by atoms with E-state index in [1.54, 1.807) is 18.2 Å². The third kappa shape index (κ3) is 2.87. The average molecular weight is 380 g/mol. The number of aliphatic hydroxyl groups is 2. The highest BCUT2D eigenvalue weighted by molar-refractivity contribution is 6.38. The van der Waals surface area contributed by atoms with Gasteiger partial charge in [-0.1, -0.05) is 23.2 Å². The van der Waals surface area contributed by atoms with Crippen LogP contribution in [0.4, 0.5) is 5.69 Å². The van der Waals surface area contributed by atoms with Crippen LogP contribution in [0, 0.1) is 5.92 Å². The Bertz CT molecular complexity index is 1030. The molecule has 1 aromatic heterocycles. The van der Waals surface area contributed by atoms with Gasteiger partial charge in [-0.15, -0.1) is 0 Å². The predicted molar refractivity (Wildman–Crippen MR) is 98.6 cm³/mol. The third-order valence-electron chi connectivity index (χ3n) is 4.69. The van der Waals surface area contributed by atoms with Gasteiger partial charge >= 0.3 is 0 Å². The number of fused-ring (bicyclic) bond motifs is 2. The van der Waals surface area contributed by atoms with E-state index in [1.165, 1.54) is 6.07 Å². The number of rotatable bonds is 2. The molecule has 1 atom stereocenters. The van der Waals surface area contributed by atoms with Gasteiger partial charge in [0.05, 0.1) is 15.8 Å². The van der Waals surface area contributed by atoms with Crippen LogP contribution in [0.5, 0.6) is 0 Å². The second-order valence-electron chi connectivity index (χ2n) is 6.28. The summed E-state index contributed by atoms with van der Waals surface area (Å²) in [7, 11) is 0. The summed E-state index contributed by atoms with van der Waals surface area (Å²) in [6.07, 6.45) is -0.627. The molecule has 5 nitrogen and oxygen atoms in total. The maximum absolute atomic E-state index is 12.7. The molecule has 0 bridgehead atoms. The molecule has 1 saturated heterocycles. The van der Waals surface area contributed by atoms with Crippen molar-refractivity contribution in [3.05, 3.63) is 50.6 Å². The lowest BCUT2D eigenvalue weighted by Gasteiger charge is -2.19. The molecule has 0 spiro atoms. The Labute approximate surface area is 153 Å². The lowest BCUT2D eigenvalue weighted by atomic mass is 10.1. The van der Waals surface area contributed by atoms with Gasteiger partial charge in [-0.05, 0) is 30.7 Å². The van der Waals surface area contributed by atoms with Crippen LogP contribution in [-0.4, -0.2) is 29.6 Å². The van der Waals surface area contributed by atoms with Crippen molar-refractivity contribution in [3.8, 4) is 0 Å². The van der Waals surface area contributed by atoms with Gasteiger partial charge in [-0.3, -0.25) is 4.79 Å². The van der Waals surface area contributed by atoms with Gasteiger partial charge in [-0.25, -0.2) is 0 Å². The summed E-state index contributed by atoms with van der Waals surface area (Å²) in [6.45, 7) is 1.25. The van der Waals surface area contributed by atoms with Gasteiger partial charge in [0.25, 0.3) is 0 Å². The summed E-state index contributed by atoms with van der Waals surface area (Å²) in [5.74, 6) is -0.184.